The van der Waals surface area contributed by atoms with Gasteiger partial charge in [-0.05, 0) is 44.9 Å². The van der Waals surface area contributed by atoms with Crippen LogP contribution in [0.3, 0.4) is 0 Å². The van der Waals surface area contributed by atoms with Gasteiger partial charge in [-0.25, -0.2) is 4.57 Å². The molecule has 0 spiro atoms. The fourth-order valence-corrected chi connectivity index (χ4v) is 3.60. The Kier molecular flexibility index (Phi) is 22.5. The minimum atomic E-state index is -4.29. The number of carbonyl (C=O) groups is 1. The van der Waals surface area contributed by atoms with Crippen molar-refractivity contribution in [2.75, 3.05) is 47.5 Å². The molecule has 0 bridgehead atoms. The van der Waals surface area contributed by atoms with Gasteiger partial charge in [0.1, 0.15) is 19.3 Å². The number of rotatable bonds is 23. The molecule has 0 aliphatic heterocycles. The Morgan fingerprint density at radius 1 is 0.795 bits per heavy atom. The molecule has 0 saturated carbocycles. The van der Waals surface area contributed by atoms with Crippen LogP contribution < -0.4 is 0 Å². The number of esters is 1. The number of aliphatic hydroxyl groups is 1. The van der Waals surface area contributed by atoms with Crippen LogP contribution in [0.25, 0.3) is 0 Å². The van der Waals surface area contributed by atoms with E-state index in [9.17, 15) is 19.4 Å². The highest BCUT2D eigenvalue weighted by Gasteiger charge is 2.25. The van der Waals surface area contributed by atoms with E-state index in [0.717, 1.165) is 38.5 Å². The SMILES string of the molecule is CC/C=C/C/C=C/C/C=C/C/C=C/C/C=C/C/C=C/CCC(=O)O[C@H](CO)COP(=O)(O)OCC[N+](C)(C)C. The van der Waals surface area contributed by atoms with Gasteiger partial charge in [-0.1, -0.05) is 79.8 Å². The average Bonchev–Trinajstić information content (AvgIpc) is 2.87. The zero-order chi connectivity index (χ0) is 29.2. The summed E-state index contributed by atoms with van der Waals surface area (Å²) in [7, 11) is 1.49. The zero-order valence-electron chi connectivity index (χ0n) is 24.3. The van der Waals surface area contributed by atoms with Gasteiger partial charge in [0.25, 0.3) is 0 Å². The summed E-state index contributed by atoms with van der Waals surface area (Å²) in [6.45, 7) is 1.73. The number of hydrogen-bond acceptors (Lipinski definition) is 6. The van der Waals surface area contributed by atoms with Crippen molar-refractivity contribution in [3.05, 3.63) is 72.9 Å². The second-order valence-corrected chi connectivity index (χ2v) is 11.3. The maximum atomic E-state index is 12.0. The van der Waals surface area contributed by atoms with Crippen molar-refractivity contribution in [2.45, 2.75) is 64.4 Å². The van der Waals surface area contributed by atoms with Crippen LogP contribution in [-0.4, -0.2) is 74.1 Å². The van der Waals surface area contributed by atoms with Crippen LogP contribution >= 0.6 is 7.82 Å². The van der Waals surface area contributed by atoms with Gasteiger partial charge in [0.05, 0.1) is 34.4 Å². The van der Waals surface area contributed by atoms with Gasteiger partial charge in [-0.2, -0.15) is 0 Å². The molecule has 0 radical (unpaired) electrons. The van der Waals surface area contributed by atoms with Gasteiger partial charge < -0.3 is 19.2 Å². The topological polar surface area (TPSA) is 102 Å². The van der Waals surface area contributed by atoms with E-state index < -0.39 is 33.1 Å². The second-order valence-electron chi connectivity index (χ2n) is 9.86. The molecule has 0 aliphatic rings. The first-order chi connectivity index (χ1) is 18.6. The summed E-state index contributed by atoms with van der Waals surface area (Å²) in [5, 5.41) is 9.38. The molecule has 2 N–H and O–H groups in total. The molecule has 0 amide bonds. The van der Waals surface area contributed by atoms with E-state index in [1.807, 2.05) is 33.3 Å². The zero-order valence-corrected chi connectivity index (χ0v) is 25.2. The third kappa shape index (κ3) is 27.3. The van der Waals surface area contributed by atoms with Gasteiger partial charge in [0.15, 0.2) is 0 Å². The molecule has 0 saturated heterocycles. The lowest BCUT2D eigenvalue weighted by molar-refractivity contribution is -0.870. The fraction of sp³-hybridized carbons (Fsp3) is 0.567. The monoisotopic (exact) mass is 568 g/mol. The second kappa shape index (κ2) is 23.8. The Morgan fingerprint density at radius 2 is 1.26 bits per heavy atom. The van der Waals surface area contributed by atoms with Crippen LogP contribution in [0, 0.1) is 0 Å². The molecule has 1 unspecified atom stereocenters. The van der Waals surface area contributed by atoms with Gasteiger partial charge in [-0.3, -0.25) is 13.8 Å². The lowest BCUT2D eigenvalue weighted by Gasteiger charge is -2.24. The van der Waals surface area contributed by atoms with E-state index in [0.29, 0.717) is 17.4 Å². The number of quaternary nitrogens is 1. The molecule has 2 atom stereocenters. The first-order valence-corrected chi connectivity index (χ1v) is 15.2. The van der Waals surface area contributed by atoms with Gasteiger partial charge in [-0.15, -0.1) is 0 Å². The Labute approximate surface area is 236 Å². The molecule has 0 heterocycles. The molecule has 8 nitrogen and oxygen atoms in total. The van der Waals surface area contributed by atoms with Crippen LogP contribution in [-0.2, 0) is 23.1 Å². The fourth-order valence-electron chi connectivity index (χ4n) is 2.85. The molecule has 0 aliphatic carbocycles. The lowest BCUT2D eigenvalue weighted by Crippen LogP contribution is -2.37. The third-order valence-corrected chi connectivity index (χ3v) is 6.04. The number of phosphoric ester groups is 1. The molecular weight excluding hydrogens is 517 g/mol. The predicted octanol–water partition coefficient (Wildman–Crippen LogP) is 6.21. The minimum absolute atomic E-state index is 0.0345. The van der Waals surface area contributed by atoms with Crippen molar-refractivity contribution in [3.63, 3.8) is 0 Å². The summed E-state index contributed by atoms with van der Waals surface area (Å²) in [6.07, 6.45) is 30.6. The highest BCUT2D eigenvalue weighted by molar-refractivity contribution is 7.47. The van der Waals surface area contributed by atoms with E-state index in [-0.39, 0.29) is 13.0 Å². The number of likely N-dealkylation sites (N-methyl/N-ethyl adjacent to an activating group) is 1. The minimum Gasteiger partial charge on any atom is -0.457 e. The van der Waals surface area contributed by atoms with Gasteiger partial charge >= 0.3 is 13.8 Å². The summed E-state index contributed by atoms with van der Waals surface area (Å²) in [4.78, 5) is 21.7. The van der Waals surface area contributed by atoms with Crippen LogP contribution in [0.5, 0.6) is 0 Å². The van der Waals surface area contributed by atoms with Gasteiger partial charge in [0.2, 0.25) is 0 Å². The molecule has 39 heavy (non-hydrogen) atoms. The Bertz CT molecular complexity index is 854. The normalized spacial score (nSPS) is 15.5. The summed E-state index contributed by atoms with van der Waals surface area (Å²) >= 11 is 0. The molecule has 9 heteroatoms. The van der Waals surface area contributed by atoms with E-state index in [4.69, 9.17) is 13.8 Å². The first-order valence-electron chi connectivity index (χ1n) is 13.7. The number of hydrogen-bond donors (Lipinski definition) is 2. The quantitative estimate of drug-likeness (QED) is 0.0654. The third-order valence-electron chi connectivity index (χ3n) is 5.05. The van der Waals surface area contributed by atoms with Crippen molar-refractivity contribution >= 4 is 13.8 Å². The summed E-state index contributed by atoms with van der Waals surface area (Å²) in [6, 6.07) is 0. The molecule has 0 aromatic heterocycles. The van der Waals surface area contributed by atoms with Crippen LogP contribution in [0.4, 0.5) is 0 Å². The molecule has 0 aromatic rings. The molecule has 222 valence electrons. The highest BCUT2D eigenvalue weighted by atomic mass is 31.2. The van der Waals surface area contributed by atoms with E-state index in [1.165, 1.54) is 0 Å². The van der Waals surface area contributed by atoms with E-state index >= 15 is 0 Å². The molecular formula is C30H51NO7P+. The molecule has 0 rings (SSSR count). The Morgan fingerprint density at radius 3 is 1.69 bits per heavy atom. The smallest absolute Gasteiger partial charge is 0.457 e. The summed E-state index contributed by atoms with van der Waals surface area (Å²) in [5.74, 6) is -0.518. The number of phosphoric acid groups is 1. The van der Waals surface area contributed by atoms with E-state index in [2.05, 4.69) is 67.7 Å². The maximum Gasteiger partial charge on any atom is 0.472 e. The van der Waals surface area contributed by atoms with Gasteiger partial charge in [0, 0.05) is 6.42 Å². The number of allylic oxidation sites excluding steroid dienone is 12. The lowest BCUT2D eigenvalue weighted by atomic mass is 10.2. The number of carbonyl (C=O) groups excluding carboxylic acids is 1. The van der Waals surface area contributed by atoms with Crippen LogP contribution in [0.15, 0.2) is 72.9 Å². The summed E-state index contributed by atoms with van der Waals surface area (Å²) in [5.41, 5.74) is 0. The largest absolute Gasteiger partial charge is 0.472 e. The maximum absolute atomic E-state index is 12.0. The highest BCUT2D eigenvalue weighted by Crippen LogP contribution is 2.43. The van der Waals surface area contributed by atoms with Crippen LogP contribution in [0.2, 0.25) is 0 Å². The average molecular weight is 569 g/mol. The van der Waals surface area contributed by atoms with Crippen molar-refractivity contribution in [1.29, 1.82) is 0 Å². The predicted molar refractivity (Wildman–Crippen MR) is 159 cm³/mol. The number of ether oxygens (including phenoxy) is 1. The van der Waals surface area contributed by atoms with Crippen LogP contribution in [0.1, 0.15) is 58.3 Å². The first kappa shape index (κ1) is 36.9. The molecule has 0 aromatic carbocycles. The Balaban J connectivity index is 3.95. The van der Waals surface area contributed by atoms with E-state index in [1.54, 1.807) is 0 Å². The standard InChI is InChI=1S/C30H50NO7P/c1-5-6-7-8-9-10-11-12-13-14-15-16-17-18-19-20-21-22-23-24-30(33)38-29(27-32)28-37-39(34,35)36-26-25-31(2,3)4/h6-7,9-10,12-13,15-16,18-19,21-22,29,32H,5,8,11,14,17,20,23-28H2,1-4H3/p+1/b7-6+,10-9+,13-12+,16-15+,19-18+,22-21+/t29-/m1/s1. The van der Waals surface area contributed by atoms with Crippen molar-refractivity contribution in [2.24, 2.45) is 0 Å². The number of nitrogens with zero attached hydrogens (tertiary/aromatic N) is 1. The Hall–Kier alpha value is -2.06. The van der Waals surface area contributed by atoms with Crippen molar-refractivity contribution in [1.82, 2.24) is 0 Å². The van der Waals surface area contributed by atoms with Crippen molar-refractivity contribution in [3.8, 4) is 0 Å². The van der Waals surface area contributed by atoms with Crippen molar-refractivity contribution < 1.29 is 37.6 Å². The number of aliphatic hydroxyl groups excluding tert-OH is 1. The summed E-state index contributed by atoms with van der Waals surface area (Å²) < 4.78 is 27.4. The molecule has 0 fully saturated rings.